The molecule has 4 rings (SSSR count). The number of aromatic nitrogens is 4. The molecule has 0 aromatic carbocycles. The topological polar surface area (TPSA) is 84.6 Å². The van der Waals surface area contributed by atoms with Gasteiger partial charge in [0.2, 0.25) is 5.88 Å². The molecule has 0 saturated carbocycles. The van der Waals surface area contributed by atoms with Crippen molar-refractivity contribution in [2.45, 2.75) is 20.3 Å². The third-order valence-electron chi connectivity index (χ3n) is 4.93. The standard InChI is InChI=1S/C21H24N6O2/c1-4-29-21-14(2)22-19-8-5-16(13-27(19)21)20(28)23-18-7-6-17(24-25-18)15-9-11-26(3)12-10-15/h5-9,13H,4,10-12H2,1-3H3,(H,23,25,28). The first-order valence-corrected chi connectivity index (χ1v) is 9.69. The van der Waals surface area contributed by atoms with E-state index in [0.717, 1.165) is 36.5 Å². The van der Waals surface area contributed by atoms with Crippen LogP contribution < -0.4 is 10.1 Å². The van der Waals surface area contributed by atoms with Crippen molar-refractivity contribution in [1.29, 1.82) is 0 Å². The number of fused-ring (bicyclic) bond motifs is 1. The van der Waals surface area contributed by atoms with Crippen molar-refractivity contribution >= 4 is 22.9 Å². The average Bonchev–Trinajstić information content (AvgIpc) is 3.04. The molecule has 4 heterocycles. The van der Waals surface area contributed by atoms with Gasteiger partial charge < -0.3 is 15.0 Å². The molecule has 0 atom stereocenters. The van der Waals surface area contributed by atoms with Crippen LogP contribution in [0.5, 0.6) is 5.88 Å². The van der Waals surface area contributed by atoms with E-state index in [2.05, 4.69) is 38.5 Å². The molecule has 8 nitrogen and oxygen atoms in total. The molecule has 0 spiro atoms. The number of nitrogens with zero attached hydrogens (tertiary/aromatic N) is 5. The maximum atomic E-state index is 12.7. The Hall–Kier alpha value is -3.26. The molecular weight excluding hydrogens is 368 g/mol. The van der Waals surface area contributed by atoms with E-state index in [1.165, 1.54) is 5.57 Å². The van der Waals surface area contributed by atoms with E-state index >= 15 is 0 Å². The Balaban J connectivity index is 1.51. The number of nitrogens with one attached hydrogen (secondary N) is 1. The summed E-state index contributed by atoms with van der Waals surface area (Å²) >= 11 is 0. The summed E-state index contributed by atoms with van der Waals surface area (Å²) in [5.74, 6) is 0.799. The predicted octanol–water partition coefficient (Wildman–Crippen LogP) is 2.80. The van der Waals surface area contributed by atoms with Gasteiger partial charge in [-0.15, -0.1) is 10.2 Å². The quantitative estimate of drug-likeness (QED) is 0.719. The minimum atomic E-state index is -0.263. The SMILES string of the molecule is CCOc1c(C)nc2ccc(C(=O)Nc3ccc(C4=CCN(C)CC4)nn3)cn12. The highest BCUT2D eigenvalue weighted by molar-refractivity contribution is 6.03. The maximum absolute atomic E-state index is 12.7. The van der Waals surface area contributed by atoms with Crippen molar-refractivity contribution in [1.82, 2.24) is 24.5 Å². The van der Waals surface area contributed by atoms with Gasteiger partial charge in [-0.2, -0.15) is 0 Å². The summed E-state index contributed by atoms with van der Waals surface area (Å²) in [6.07, 6.45) is 4.84. The fourth-order valence-electron chi connectivity index (χ4n) is 3.35. The van der Waals surface area contributed by atoms with E-state index in [4.69, 9.17) is 4.74 Å². The lowest BCUT2D eigenvalue weighted by atomic mass is 10.1. The summed E-state index contributed by atoms with van der Waals surface area (Å²) in [6, 6.07) is 7.21. The molecule has 0 bridgehead atoms. The minimum absolute atomic E-state index is 0.263. The highest BCUT2D eigenvalue weighted by atomic mass is 16.5. The summed E-state index contributed by atoms with van der Waals surface area (Å²) in [7, 11) is 2.09. The molecule has 0 unspecified atom stereocenters. The number of aryl methyl sites for hydroxylation is 1. The largest absolute Gasteiger partial charge is 0.478 e. The van der Waals surface area contributed by atoms with Gasteiger partial charge in [-0.25, -0.2) is 4.98 Å². The Labute approximate surface area is 169 Å². The lowest BCUT2D eigenvalue weighted by molar-refractivity contribution is 0.102. The molecule has 1 amide bonds. The van der Waals surface area contributed by atoms with Gasteiger partial charge in [-0.05, 0) is 57.2 Å². The summed E-state index contributed by atoms with van der Waals surface area (Å²) < 4.78 is 7.45. The number of pyridine rings is 1. The van der Waals surface area contributed by atoms with Crippen LogP contribution in [0, 0.1) is 6.92 Å². The molecule has 3 aromatic rings. The molecule has 0 aliphatic carbocycles. The van der Waals surface area contributed by atoms with Crippen molar-refractivity contribution in [3.8, 4) is 5.88 Å². The Bertz CT molecular complexity index is 1070. The van der Waals surface area contributed by atoms with Gasteiger partial charge in [0.05, 0.1) is 17.9 Å². The third kappa shape index (κ3) is 3.97. The van der Waals surface area contributed by atoms with E-state index < -0.39 is 0 Å². The van der Waals surface area contributed by atoms with Gasteiger partial charge in [0.25, 0.3) is 5.91 Å². The zero-order valence-electron chi connectivity index (χ0n) is 16.8. The molecule has 1 N–H and O–H groups in total. The van der Waals surface area contributed by atoms with E-state index in [1.807, 2.05) is 19.9 Å². The van der Waals surface area contributed by atoms with Crippen LogP contribution in [0.3, 0.4) is 0 Å². The zero-order valence-corrected chi connectivity index (χ0v) is 16.8. The number of anilines is 1. The molecule has 1 aliphatic rings. The number of likely N-dealkylation sites (N-methyl/N-ethyl adjacent to an activating group) is 1. The van der Waals surface area contributed by atoms with Crippen LogP contribution in [0.15, 0.2) is 36.5 Å². The van der Waals surface area contributed by atoms with Crippen LogP contribution in [-0.2, 0) is 0 Å². The van der Waals surface area contributed by atoms with E-state index in [-0.39, 0.29) is 5.91 Å². The summed E-state index contributed by atoms with van der Waals surface area (Å²) in [5, 5.41) is 11.3. The summed E-state index contributed by atoms with van der Waals surface area (Å²) in [4.78, 5) is 19.4. The predicted molar refractivity (Wildman–Crippen MR) is 111 cm³/mol. The minimum Gasteiger partial charge on any atom is -0.478 e. The smallest absolute Gasteiger partial charge is 0.258 e. The molecule has 150 valence electrons. The fourth-order valence-corrected chi connectivity index (χ4v) is 3.35. The molecule has 8 heteroatoms. The molecule has 0 fully saturated rings. The molecule has 1 aliphatic heterocycles. The first kappa shape index (κ1) is 19.1. The number of rotatable bonds is 5. The van der Waals surface area contributed by atoms with Crippen molar-refractivity contribution in [3.05, 3.63) is 53.5 Å². The van der Waals surface area contributed by atoms with Crippen LogP contribution in [0.2, 0.25) is 0 Å². The number of amides is 1. The van der Waals surface area contributed by atoms with Crippen molar-refractivity contribution in [3.63, 3.8) is 0 Å². The van der Waals surface area contributed by atoms with Gasteiger partial charge >= 0.3 is 0 Å². The van der Waals surface area contributed by atoms with Gasteiger partial charge in [-0.3, -0.25) is 9.20 Å². The number of carbonyl (C=O) groups is 1. The highest BCUT2D eigenvalue weighted by Gasteiger charge is 2.15. The van der Waals surface area contributed by atoms with Gasteiger partial charge in [0.1, 0.15) is 11.3 Å². The van der Waals surface area contributed by atoms with Crippen molar-refractivity contribution < 1.29 is 9.53 Å². The number of hydrogen-bond acceptors (Lipinski definition) is 6. The lowest BCUT2D eigenvalue weighted by Crippen LogP contribution is -2.24. The Morgan fingerprint density at radius 1 is 1.24 bits per heavy atom. The van der Waals surface area contributed by atoms with Crippen molar-refractivity contribution in [2.75, 3.05) is 32.1 Å². The number of ether oxygens (including phenoxy) is 1. The normalized spacial score (nSPS) is 14.7. The van der Waals surface area contributed by atoms with Crippen LogP contribution in [-0.4, -0.2) is 57.1 Å². The highest BCUT2D eigenvalue weighted by Crippen LogP contribution is 2.22. The number of carbonyl (C=O) groups excluding carboxylic acids is 1. The van der Waals surface area contributed by atoms with Crippen LogP contribution >= 0.6 is 0 Å². The molecule has 0 saturated heterocycles. The molecule has 0 radical (unpaired) electrons. The maximum Gasteiger partial charge on any atom is 0.258 e. The van der Waals surface area contributed by atoms with Gasteiger partial charge in [0.15, 0.2) is 5.82 Å². The first-order chi connectivity index (χ1) is 14.0. The molecule has 3 aromatic heterocycles. The number of hydrogen-bond donors (Lipinski definition) is 1. The molecule has 29 heavy (non-hydrogen) atoms. The van der Waals surface area contributed by atoms with Gasteiger partial charge in [0, 0.05) is 19.3 Å². The Kier molecular flexibility index (Phi) is 5.26. The second kappa shape index (κ2) is 8.00. The number of imidazole rings is 1. The van der Waals surface area contributed by atoms with E-state index in [9.17, 15) is 4.79 Å². The zero-order chi connectivity index (χ0) is 20.4. The van der Waals surface area contributed by atoms with E-state index in [0.29, 0.717) is 23.9 Å². The summed E-state index contributed by atoms with van der Waals surface area (Å²) in [6.45, 7) is 6.25. The second-order valence-electron chi connectivity index (χ2n) is 7.08. The van der Waals surface area contributed by atoms with Gasteiger partial charge in [-0.1, -0.05) is 6.08 Å². The second-order valence-corrected chi connectivity index (χ2v) is 7.08. The monoisotopic (exact) mass is 392 g/mol. The average molecular weight is 392 g/mol. The first-order valence-electron chi connectivity index (χ1n) is 9.69. The van der Waals surface area contributed by atoms with E-state index in [1.54, 1.807) is 28.8 Å². The summed E-state index contributed by atoms with van der Waals surface area (Å²) in [5.41, 5.74) is 4.05. The Morgan fingerprint density at radius 2 is 2.10 bits per heavy atom. The van der Waals surface area contributed by atoms with Crippen molar-refractivity contribution in [2.24, 2.45) is 0 Å². The lowest BCUT2D eigenvalue weighted by Gasteiger charge is -2.21. The van der Waals surface area contributed by atoms with Crippen LogP contribution in [0.25, 0.3) is 11.2 Å². The third-order valence-corrected chi connectivity index (χ3v) is 4.93. The Morgan fingerprint density at radius 3 is 2.79 bits per heavy atom. The van der Waals surface area contributed by atoms with Crippen LogP contribution in [0.1, 0.15) is 35.1 Å². The van der Waals surface area contributed by atoms with Crippen LogP contribution in [0.4, 0.5) is 5.82 Å². The molecular formula is C21H24N6O2. The fraction of sp³-hybridized carbons (Fsp3) is 0.333.